The van der Waals surface area contributed by atoms with Crippen molar-refractivity contribution in [1.29, 1.82) is 5.26 Å². The zero-order valence-electron chi connectivity index (χ0n) is 18.3. The number of hydrogen-bond donors (Lipinski definition) is 1. The predicted octanol–water partition coefficient (Wildman–Crippen LogP) is 5.79. The number of thiophene rings is 1. The van der Waals surface area contributed by atoms with Gasteiger partial charge in [-0.25, -0.2) is 4.79 Å². The Bertz CT molecular complexity index is 1100. The van der Waals surface area contributed by atoms with E-state index >= 15 is 0 Å². The fraction of sp³-hybridized carbons (Fsp3) is 0.375. The minimum Gasteiger partial charge on any atom is -0.490 e. The number of carbonyl (C=O) groups is 2. The Kier molecular flexibility index (Phi) is 7.94. The summed E-state index contributed by atoms with van der Waals surface area (Å²) in [5.74, 6) is -0.539. The molecule has 0 radical (unpaired) electrons. The van der Waals surface area contributed by atoms with Crippen LogP contribution in [-0.4, -0.2) is 24.6 Å². The Morgan fingerprint density at radius 2 is 2.06 bits per heavy atom. The van der Waals surface area contributed by atoms with Crippen LogP contribution in [-0.2, 0) is 22.4 Å². The second kappa shape index (κ2) is 10.7. The van der Waals surface area contributed by atoms with E-state index in [1.165, 1.54) is 17.4 Å². The van der Waals surface area contributed by atoms with E-state index < -0.39 is 11.9 Å². The number of nitrogens with zero attached hydrogens (tertiary/aromatic N) is 1. The molecule has 0 unspecified atom stereocenters. The highest BCUT2D eigenvalue weighted by Gasteiger charge is 2.28. The van der Waals surface area contributed by atoms with E-state index in [9.17, 15) is 14.9 Å². The van der Waals surface area contributed by atoms with Crippen LogP contribution in [0.15, 0.2) is 23.8 Å². The first-order chi connectivity index (χ1) is 15.3. The molecule has 0 aliphatic heterocycles. The van der Waals surface area contributed by atoms with E-state index in [0.29, 0.717) is 26.9 Å². The first-order valence-corrected chi connectivity index (χ1v) is 11.7. The van der Waals surface area contributed by atoms with E-state index in [4.69, 9.17) is 21.1 Å². The standard InChI is InChI=1S/C24H25ClN2O4S/c1-4-30-24(29)21-18-7-5-6-8-20(18)32-23(21)27-22(28)16(13-26)11-15-12-17(25)9-10-19(15)31-14(2)3/h9-12,14H,4-8H2,1-3H3,(H,27,28)/b16-11-. The lowest BCUT2D eigenvalue weighted by Gasteiger charge is -2.13. The molecule has 1 aromatic carbocycles. The maximum atomic E-state index is 13.0. The number of benzene rings is 1. The average Bonchev–Trinajstić information content (AvgIpc) is 3.11. The van der Waals surface area contributed by atoms with Crippen molar-refractivity contribution in [2.75, 3.05) is 11.9 Å². The SMILES string of the molecule is CCOC(=O)c1c(NC(=O)/C(C#N)=C\c2cc(Cl)ccc2OC(C)C)sc2c1CCCC2. The number of nitrogens with one attached hydrogen (secondary N) is 1. The Balaban J connectivity index is 1.95. The third kappa shape index (κ3) is 5.50. The lowest BCUT2D eigenvalue weighted by molar-refractivity contribution is -0.112. The van der Waals surface area contributed by atoms with Crippen LogP contribution in [0.5, 0.6) is 5.75 Å². The smallest absolute Gasteiger partial charge is 0.341 e. The summed E-state index contributed by atoms with van der Waals surface area (Å²) in [7, 11) is 0. The normalized spacial score (nSPS) is 13.3. The Labute approximate surface area is 196 Å². The van der Waals surface area contributed by atoms with Crippen molar-refractivity contribution in [2.45, 2.75) is 52.6 Å². The maximum absolute atomic E-state index is 13.0. The van der Waals surface area contributed by atoms with Gasteiger partial charge >= 0.3 is 5.97 Å². The fourth-order valence-electron chi connectivity index (χ4n) is 3.54. The molecule has 0 fully saturated rings. The van der Waals surface area contributed by atoms with Crippen molar-refractivity contribution in [1.82, 2.24) is 0 Å². The molecule has 1 N–H and O–H groups in total. The number of hydrogen-bond acceptors (Lipinski definition) is 6. The highest BCUT2D eigenvalue weighted by Crippen LogP contribution is 2.39. The van der Waals surface area contributed by atoms with Crippen LogP contribution in [0.3, 0.4) is 0 Å². The molecule has 0 atom stereocenters. The predicted molar refractivity (Wildman–Crippen MR) is 126 cm³/mol. The largest absolute Gasteiger partial charge is 0.490 e. The molecule has 1 aliphatic rings. The van der Waals surface area contributed by atoms with Crippen molar-refractivity contribution in [3.8, 4) is 11.8 Å². The number of ether oxygens (including phenoxy) is 2. The summed E-state index contributed by atoms with van der Waals surface area (Å²) in [6.07, 6.45) is 5.01. The number of rotatable bonds is 7. The van der Waals surface area contributed by atoms with Crippen LogP contribution in [0.1, 0.15) is 60.0 Å². The molecule has 0 spiro atoms. The van der Waals surface area contributed by atoms with Gasteiger partial charge in [0.15, 0.2) is 0 Å². The minimum atomic E-state index is -0.605. The van der Waals surface area contributed by atoms with Crippen LogP contribution >= 0.6 is 22.9 Å². The van der Waals surface area contributed by atoms with Crippen molar-refractivity contribution in [3.05, 3.63) is 50.4 Å². The van der Waals surface area contributed by atoms with Crippen molar-refractivity contribution >= 4 is 45.9 Å². The van der Waals surface area contributed by atoms with Gasteiger partial charge in [-0.15, -0.1) is 11.3 Å². The zero-order chi connectivity index (χ0) is 23.3. The van der Waals surface area contributed by atoms with Crippen LogP contribution in [0, 0.1) is 11.3 Å². The van der Waals surface area contributed by atoms with Gasteiger partial charge in [0, 0.05) is 15.5 Å². The number of esters is 1. The van der Waals surface area contributed by atoms with E-state index in [0.717, 1.165) is 36.1 Å². The number of carbonyl (C=O) groups excluding carboxylic acids is 2. The minimum absolute atomic E-state index is 0.0905. The molecule has 0 saturated carbocycles. The third-order valence-corrected chi connectivity index (χ3v) is 6.32. The van der Waals surface area contributed by atoms with Gasteiger partial charge in [0.25, 0.3) is 5.91 Å². The van der Waals surface area contributed by atoms with Crippen LogP contribution in [0.2, 0.25) is 5.02 Å². The Morgan fingerprint density at radius 3 is 2.75 bits per heavy atom. The second-order valence-electron chi connectivity index (χ2n) is 7.61. The van der Waals surface area contributed by atoms with Crippen molar-refractivity contribution in [2.24, 2.45) is 0 Å². The monoisotopic (exact) mass is 472 g/mol. The quantitative estimate of drug-likeness (QED) is 0.313. The van der Waals surface area contributed by atoms with Gasteiger partial charge in [-0.1, -0.05) is 11.6 Å². The number of nitriles is 1. The number of aryl methyl sites for hydroxylation is 1. The number of fused-ring (bicyclic) bond motifs is 1. The summed E-state index contributed by atoms with van der Waals surface area (Å²) in [5, 5.41) is 13.3. The molecule has 1 aromatic heterocycles. The molecule has 1 amide bonds. The van der Waals surface area contributed by atoms with Gasteiger partial charge < -0.3 is 14.8 Å². The molecule has 0 bridgehead atoms. The zero-order valence-corrected chi connectivity index (χ0v) is 19.9. The molecule has 3 rings (SSSR count). The summed E-state index contributed by atoms with van der Waals surface area (Å²) in [4.78, 5) is 26.7. The van der Waals surface area contributed by atoms with Crippen molar-refractivity contribution < 1.29 is 19.1 Å². The highest BCUT2D eigenvalue weighted by atomic mass is 35.5. The molecule has 0 saturated heterocycles. The lowest BCUT2D eigenvalue weighted by Crippen LogP contribution is -2.16. The maximum Gasteiger partial charge on any atom is 0.341 e. The van der Waals surface area contributed by atoms with E-state index in [2.05, 4.69) is 5.32 Å². The van der Waals surface area contributed by atoms with Gasteiger partial charge in [0.1, 0.15) is 22.4 Å². The molecule has 1 aliphatic carbocycles. The van der Waals surface area contributed by atoms with Crippen LogP contribution < -0.4 is 10.1 Å². The molecule has 1 heterocycles. The molecular weight excluding hydrogens is 448 g/mol. The first-order valence-electron chi connectivity index (χ1n) is 10.5. The van der Waals surface area contributed by atoms with E-state index in [1.54, 1.807) is 25.1 Å². The van der Waals surface area contributed by atoms with E-state index in [-0.39, 0.29) is 18.3 Å². The molecule has 6 nitrogen and oxygen atoms in total. The number of halogens is 1. The van der Waals surface area contributed by atoms with Gasteiger partial charge in [0.05, 0.1) is 18.3 Å². The summed E-state index contributed by atoms with van der Waals surface area (Å²) in [6, 6.07) is 6.97. The van der Waals surface area contributed by atoms with Crippen LogP contribution in [0.25, 0.3) is 6.08 Å². The molecule has 168 valence electrons. The Morgan fingerprint density at radius 1 is 1.31 bits per heavy atom. The first kappa shape index (κ1) is 23.8. The highest BCUT2D eigenvalue weighted by molar-refractivity contribution is 7.17. The summed E-state index contributed by atoms with van der Waals surface area (Å²) >= 11 is 7.49. The topological polar surface area (TPSA) is 88.4 Å². The Hall–Kier alpha value is -2.82. The van der Waals surface area contributed by atoms with Crippen LogP contribution in [0.4, 0.5) is 5.00 Å². The summed E-state index contributed by atoms with van der Waals surface area (Å²) in [6.45, 7) is 5.76. The average molecular weight is 473 g/mol. The third-order valence-electron chi connectivity index (χ3n) is 4.88. The van der Waals surface area contributed by atoms with Gasteiger partial charge in [-0.3, -0.25) is 4.79 Å². The van der Waals surface area contributed by atoms with Crippen molar-refractivity contribution in [3.63, 3.8) is 0 Å². The lowest BCUT2D eigenvalue weighted by atomic mass is 9.95. The fourth-order valence-corrected chi connectivity index (χ4v) is 4.99. The van der Waals surface area contributed by atoms with Gasteiger partial charge in [-0.05, 0) is 76.3 Å². The summed E-state index contributed by atoms with van der Waals surface area (Å²) < 4.78 is 11.0. The molecule has 8 heteroatoms. The second-order valence-corrected chi connectivity index (χ2v) is 9.15. The van der Waals surface area contributed by atoms with E-state index in [1.807, 2.05) is 19.9 Å². The van der Waals surface area contributed by atoms with Gasteiger partial charge in [-0.2, -0.15) is 5.26 Å². The summed E-state index contributed by atoms with van der Waals surface area (Å²) in [5.41, 5.74) is 1.75. The molecule has 32 heavy (non-hydrogen) atoms. The number of amides is 1. The molecular formula is C24H25ClN2O4S. The van der Waals surface area contributed by atoms with Gasteiger partial charge in [0.2, 0.25) is 0 Å². The number of anilines is 1. The molecule has 2 aromatic rings.